The van der Waals surface area contributed by atoms with Crippen LogP contribution in [-0.4, -0.2) is 11.7 Å². The predicted octanol–water partition coefficient (Wildman–Crippen LogP) is 12.9. The highest BCUT2D eigenvalue weighted by atomic mass is 16.3. The van der Waals surface area contributed by atoms with Gasteiger partial charge in [-0.05, 0) is 86.7 Å². The van der Waals surface area contributed by atoms with Crippen molar-refractivity contribution in [2.45, 2.75) is 31.3 Å². The molecule has 0 fully saturated rings. The van der Waals surface area contributed by atoms with Crippen LogP contribution in [0, 0.1) is 0 Å². The lowest BCUT2D eigenvalue weighted by Crippen LogP contribution is -2.34. The van der Waals surface area contributed by atoms with Crippen molar-refractivity contribution in [1.82, 2.24) is 5.32 Å². The number of nitrogens with one attached hydrogen (secondary N) is 1. The molecule has 0 saturated carbocycles. The summed E-state index contributed by atoms with van der Waals surface area (Å²) in [7, 11) is 0. The first-order chi connectivity index (χ1) is 28.2. The van der Waals surface area contributed by atoms with E-state index < -0.39 is 0 Å². The Kier molecular flexibility index (Phi) is 8.13. The molecule has 1 aromatic heterocycles. The smallest absolute Gasteiger partial charge is 0.160 e. The highest BCUT2D eigenvalue weighted by molar-refractivity contribution is 6.20. The zero-order valence-electron chi connectivity index (χ0n) is 31.4. The zero-order valence-corrected chi connectivity index (χ0v) is 31.4. The number of nitrogens with zero attached hydrogens (tertiary/aromatic N) is 2. The lowest BCUT2D eigenvalue weighted by Gasteiger charge is -2.27. The van der Waals surface area contributed by atoms with Crippen LogP contribution >= 0.6 is 0 Å². The van der Waals surface area contributed by atoms with Crippen LogP contribution in [0.25, 0.3) is 49.6 Å². The molecule has 2 heterocycles. The molecule has 7 aromatic carbocycles. The summed E-state index contributed by atoms with van der Waals surface area (Å²) in [5, 5.41) is 7.24. The van der Waals surface area contributed by atoms with Crippen LogP contribution in [0.3, 0.4) is 0 Å². The van der Waals surface area contributed by atoms with Gasteiger partial charge in [0, 0.05) is 28.0 Å². The second-order valence-electron chi connectivity index (χ2n) is 15.2. The first-order valence-corrected chi connectivity index (χ1v) is 19.9. The van der Waals surface area contributed by atoms with Gasteiger partial charge in [-0.1, -0.05) is 170 Å². The maximum atomic E-state index is 7.00. The van der Waals surface area contributed by atoms with E-state index in [0.717, 1.165) is 58.5 Å². The van der Waals surface area contributed by atoms with E-state index in [1.807, 2.05) is 0 Å². The molecule has 2 aliphatic carbocycles. The normalized spacial score (nSPS) is 17.5. The molecule has 2 unspecified atom stereocenters. The summed E-state index contributed by atoms with van der Waals surface area (Å²) in [6, 6.07) is 60.5. The van der Waals surface area contributed by atoms with Gasteiger partial charge in [0.1, 0.15) is 23.3 Å². The Hall–Kier alpha value is -7.04. The maximum absolute atomic E-state index is 7.00. The quantitative estimate of drug-likeness (QED) is 0.185. The van der Waals surface area contributed by atoms with E-state index in [-0.39, 0.29) is 12.1 Å². The molecule has 11 rings (SSSR count). The van der Waals surface area contributed by atoms with Gasteiger partial charge in [-0.15, -0.1) is 0 Å². The van der Waals surface area contributed by atoms with Crippen molar-refractivity contribution in [2.75, 3.05) is 0 Å². The van der Waals surface area contributed by atoms with Crippen LogP contribution in [0.5, 0.6) is 0 Å². The molecule has 8 aromatic rings. The van der Waals surface area contributed by atoms with Crippen molar-refractivity contribution in [1.29, 1.82) is 0 Å². The summed E-state index contributed by atoms with van der Waals surface area (Å²) < 4.78 is 7.00. The number of amidine groups is 2. The monoisotopic (exact) mass is 733 g/mol. The van der Waals surface area contributed by atoms with Crippen molar-refractivity contribution in [3.8, 4) is 22.3 Å². The summed E-state index contributed by atoms with van der Waals surface area (Å²) in [5.41, 5.74) is 13.9. The minimum Gasteiger partial charge on any atom is -0.460 e. The summed E-state index contributed by atoms with van der Waals surface area (Å²) in [5.74, 6) is 2.64. The molecule has 3 aliphatic rings. The number of benzene rings is 7. The van der Waals surface area contributed by atoms with Gasteiger partial charge in [0.05, 0.1) is 0 Å². The summed E-state index contributed by atoms with van der Waals surface area (Å²) in [6.45, 7) is 0. The van der Waals surface area contributed by atoms with Gasteiger partial charge in [-0.2, -0.15) is 0 Å². The van der Waals surface area contributed by atoms with Crippen LogP contribution in [0.4, 0.5) is 0 Å². The van der Waals surface area contributed by atoms with Crippen LogP contribution in [-0.2, 0) is 6.42 Å². The van der Waals surface area contributed by atoms with E-state index in [1.54, 1.807) is 0 Å². The Bertz CT molecular complexity index is 2940. The third kappa shape index (κ3) is 5.93. The highest BCUT2D eigenvalue weighted by Crippen LogP contribution is 2.49. The fourth-order valence-electron chi connectivity index (χ4n) is 9.03. The van der Waals surface area contributed by atoms with Gasteiger partial charge in [0.2, 0.25) is 0 Å². The van der Waals surface area contributed by atoms with Crippen molar-refractivity contribution >= 4 is 39.0 Å². The molecule has 4 heteroatoms. The van der Waals surface area contributed by atoms with Gasteiger partial charge in [-0.3, -0.25) is 0 Å². The fraction of sp³-hybridized carbons (Fsp3) is 0.0943. The largest absolute Gasteiger partial charge is 0.460 e. The van der Waals surface area contributed by atoms with E-state index in [4.69, 9.17) is 14.4 Å². The van der Waals surface area contributed by atoms with Crippen LogP contribution in [0.2, 0.25) is 0 Å². The Balaban J connectivity index is 1.08. The third-order valence-corrected chi connectivity index (χ3v) is 11.8. The average molecular weight is 734 g/mol. The Morgan fingerprint density at radius 3 is 2.18 bits per heavy atom. The second-order valence-corrected chi connectivity index (χ2v) is 15.2. The van der Waals surface area contributed by atoms with Gasteiger partial charge >= 0.3 is 0 Å². The summed E-state index contributed by atoms with van der Waals surface area (Å²) in [6.07, 6.45) is 6.99. The van der Waals surface area contributed by atoms with E-state index in [1.165, 1.54) is 55.3 Å². The molecule has 1 N–H and O–H groups in total. The number of aliphatic imine (C=N–C) groups is 2. The number of rotatable bonds is 6. The molecule has 272 valence electrons. The van der Waals surface area contributed by atoms with Gasteiger partial charge in [0.15, 0.2) is 5.84 Å². The molecule has 0 bridgehead atoms. The highest BCUT2D eigenvalue weighted by Gasteiger charge is 2.34. The topological polar surface area (TPSA) is 49.9 Å². The van der Waals surface area contributed by atoms with Crippen molar-refractivity contribution < 1.29 is 4.42 Å². The van der Waals surface area contributed by atoms with Gasteiger partial charge in [-0.25, -0.2) is 9.98 Å². The third-order valence-electron chi connectivity index (χ3n) is 11.8. The van der Waals surface area contributed by atoms with Crippen LogP contribution < -0.4 is 5.32 Å². The lowest BCUT2D eigenvalue weighted by molar-refractivity contribution is 0.515. The number of hydrogen-bond donors (Lipinski definition) is 1. The second kappa shape index (κ2) is 13.9. The van der Waals surface area contributed by atoms with Gasteiger partial charge in [0.25, 0.3) is 0 Å². The molecule has 1 aliphatic heterocycles. The molecule has 2 atom stereocenters. The van der Waals surface area contributed by atoms with Crippen molar-refractivity contribution in [3.63, 3.8) is 0 Å². The van der Waals surface area contributed by atoms with Gasteiger partial charge < -0.3 is 9.73 Å². The lowest BCUT2D eigenvalue weighted by atomic mass is 9.78. The molecular weight excluding hydrogens is 695 g/mol. The molecular formula is C53H39N3O. The fourth-order valence-corrected chi connectivity index (χ4v) is 9.03. The maximum Gasteiger partial charge on any atom is 0.160 e. The molecule has 0 saturated heterocycles. The van der Waals surface area contributed by atoms with Crippen LogP contribution in [0.15, 0.2) is 202 Å². The number of furan rings is 1. The van der Waals surface area contributed by atoms with E-state index >= 15 is 0 Å². The van der Waals surface area contributed by atoms with Crippen molar-refractivity contribution in [2.24, 2.45) is 9.98 Å². The molecule has 4 nitrogen and oxygen atoms in total. The standard InChI is InChI=1S/C53H39N3O/c1-3-14-34(15-4-1)36-28-30-38(31-29-36)46-33-40-19-8-10-24-43(40)49-48-45(26-13-27-47(48)57-50(46)49)53-55-51(41-22-11-21-39(32-41)35-16-5-2-6-17-35)54-52(56-53)44-25-12-20-37-18-7-9-23-42(37)44/h1-10,12-21,23-32,46,52H,11,22,33H2,(H,54,55,56). The van der Waals surface area contributed by atoms with E-state index in [9.17, 15) is 0 Å². The SMILES string of the molecule is C1=C(C2=NC(c3cccc4oc5c(c34)-c3ccccc3CC5c3ccc(-c4ccccc4)cc3)=NC(c3cccc4ccccc34)N2)CCC=C1c1ccccc1. The first-order valence-electron chi connectivity index (χ1n) is 19.9. The molecule has 57 heavy (non-hydrogen) atoms. The minimum atomic E-state index is -0.341. The Labute approximate surface area is 332 Å². The molecule has 0 amide bonds. The summed E-state index contributed by atoms with van der Waals surface area (Å²) >= 11 is 0. The van der Waals surface area contributed by atoms with Crippen LogP contribution in [0.1, 0.15) is 58.5 Å². The Morgan fingerprint density at radius 1 is 0.614 bits per heavy atom. The number of fused-ring (bicyclic) bond motifs is 6. The Morgan fingerprint density at radius 2 is 1.32 bits per heavy atom. The first kappa shape index (κ1) is 33.3. The predicted molar refractivity (Wildman–Crippen MR) is 235 cm³/mol. The molecule has 0 spiro atoms. The number of allylic oxidation sites excluding steroid dienone is 3. The van der Waals surface area contributed by atoms with E-state index in [2.05, 4.69) is 187 Å². The average Bonchev–Trinajstić information content (AvgIpc) is 3.70. The minimum absolute atomic E-state index is 0.0630. The van der Waals surface area contributed by atoms with E-state index in [0.29, 0.717) is 5.84 Å². The summed E-state index contributed by atoms with van der Waals surface area (Å²) in [4.78, 5) is 10.9. The molecule has 0 radical (unpaired) electrons. The zero-order chi connectivity index (χ0) is 37.7. The van der Waals surface area contributed by atoms with Crippen molar-refractivity contribution in [3.05, 3.63) is 221 Å². The number of hydrogen-bond acceptors (Lipinski definition) is 4.